The maximum Gasteiger partial charge on any atom is 0.434 e. The zero-order valence-corrected chi connectivity index (χ0v) is 27.9. The maximum absolute atomic E-state index is 14.7. The number of benzene rings is 4. The van der Waals surface area contributed by atoms with E-state index in [1.54, 1.807) is 73.7 Å². The maximum atomic E-state index is 14.7. The zero-order chi connectivity index (χ0) is 35.6. The molecule has 0 fully saturated rings. The van der Waals surface area contributed by atoms with Crippen LogP contribution in [0.3, 0.4) is 0 Å². The second-order valence-electron chi connectivity index (χ2n) is 11.0. The van der Waals surface area contributed by atoms with E-state index in [-0.39, 0.29) is 39.7 Å². The van der Waals surface area contributed by atoms with Gasteiger partial charge in [-0.15, -0.1) is 0 Å². The van der Waals surface area contributed by atoms with Crippen LogP contribution >= 0.6 is 11.3 Å². The van der Waals surface area contributed by atoms with Gasteiger partial charge in [0, 0.05) is 5.56 Å². The van der Waals surface area contributed by atoms with Gasteiger partial charge in [-0.2, -0.15) is 13.2 Å². The number of allylic oxidation sites excluding steroid dienone is 1. The number of thiazole rings is 1. The van der Waals surface area contributed by atoms with Crippen LogP contribution in [0.4, 0.5) is 17.6 Å². The first-order chi connectivity index (χ1) is 24.0. The molecule has 4 aromatic carbocycles. The number of halogens is 4. The molecule has 13 heteroatoms. The molecule has 1 atom stereocenters. The Morgan fingerprint density at radius 1 is 0.940 bits per heavy atom. The minimum Gasteiger partial charge on any atom is -0.496 e. The molecule has 8 nitrogen and oxygen atoms in total. The monoisotopic (exact) mass is 706 g/mol. The predicted octanol–water partition coefficient (Wildman–Crippen LogP) is 6.62. The first-order valence-electron chi connectivity index (χ1n) is 15.5. The van der Waals surface area contributed by atoms with Crippen LogP contribution in [-0.2, 0) is 16.1 Å². The summed E-state index contributed by atoms with van der Waals surface area (Å²) in [6.07, 6.45) is -3.56. The van der Waals surface area contributed by atoms with E-state index in [0.29, 0.717) is 34.4 Å². The van der Waals surface area contributed by atoms with Gasteiger partial charge in [0.25, 0.3) is 5.56 Å². The van der Waals surface area contributed by atoms with Crippen molar-refractivity contribution in [2.45, 2.75) is 32.7 Å². The molecular weight excluding hydrogens is 676 g/mol. The standard InChI is InChI=1S/C37H30F4N2O6S/c1-4-47-28-18-22(12-16-26(28)49-20-21-10-14-24(38)15-11-21)19-29-34(44)43-32(30-25-9-7-6-8-23(25)13-17-27(30)46-3)31(35(45)48-5-2)33(37(39,40)41)42-36(43)50-29/h6-19,32H,4-5,20H2,1-3H3/b29-19-/t32-/m1/s1. The predicted molar refractivity (Wildman–Crippen MR) is 180 cm³/mol. The number of fused-ring (bicyclic) bond motifs is 2. The molecule has 2 heterocycles. The Labute approximate surface area is 287 Å². The number of nitrogens with zero attached hydrogens (tertiary/aromatic N) is 2. The molecule has 1 aliphatic heterocycles. The van der Waals surface area contributed by atoms with E-state index < -0.39 is 35.0 Å². The van der Waals surface area contributed by atoms with Crippen LogP contribution in [0.5, 0.6) is 17.2 Å². The van der Waals surface area contributed by atoms with E-state index in [1.807, 2.05) is 0 Å². The molecule has 0 bridgehead atoms. The quantitative estimate of drug-likeness (QED) is 0.120. The number of hydrogen-bond donors (Lipinski definition) is 0. The molecule has 50 heavy (non-hydrogen) atoms. The lowest BCUT2D eigenvalue weighted by molar-refractivity contribution is -0.140. The fourth-order valence-corrected chi connectivity index (χ4v) is 6.75. The third-order valence-corrected chi connectivity index (χ3v) is 8.87. The molecular formula is C37H30F4N2O6S. The van der Waals surface area contributed by atoms with Gasteiger partial charge in [0.15, 0.2) is 22.0 Å². The van der Waals surface area contributed by atoms with Gasteiger partial charge in [-0.05, 0) is 72.2 Å². The van der Waals surface area contributed by atoms with Crippen molar-refractivity contribution in [2.24, 2.45) is 4.99 Å². The van der Waals surface area contributed by atoms with Crippen molar-refractivity contribution in [3.8, 4) is 17.2 Å². The Morgan fingerprint density at radius 2 is 1.68 bits per heavy atom. The van der Waals surface area contributed by atoms with Crippen molar-refractivity contribution in [1.82, 2.24) is 4.57 Å². The van der Waals surface area contributed by atoms with Crippen LogP contribution in [-0.4, -0.2) is 37.0 Å². The van der Waals surface area contributed by atoms with E-state index in [4.69, 9.17) is 18.9 Å². The van der Waals surface area contributed by atoms with Crippen molar-refractivity contribution in [1.29, 1.82) is 0 Å². The summed E-state index contributed by atoms with van der Waals surface area (Å²) in [5.74, 6) is -0.695. The molecule has 0 spiro atoms. The zero-order valence-electron chi connectivity index (χ0n) is 27.0. The molecule has 0 amide bonds. The van der Waals surface area contributed by atoms with Crippen LogP contribution in [0.15, 0.2) is 99.9 Å². The summed E-state index contributed by atoms with van der Waals surface area (Å²) in [5.41, 5.74) is -1.55. The lowest BCUT2D eigenvalue weighted by Crippen LogP contribution is -2.41. The number of carbonyl (C=O) groups is 1. The van der Waals surface area contributed by atoms with Gasteiger partial charge in [-0.1, -0.05) is 59.9 Å². The number of hydrogen-bond acceptors (Lipinski definition) is 8. The summed E-state index contributed by atoms with van der Waals surface area (Å²) in [6.45, 7) is 3.49. The van der Waals surface area contributed by atoms with Gasteiger partial charge >= 0.3 is 12.1 Å². The van der Waals surface area contributed by atoms with Crippen molar-refractivity contribution in [2.75, 3.05) is 20.3 Å². The van der Waals surface area contributed by atoms with Gasteiger partial charge in [0.05, 0.1) is 30.4 Å². The first kappa shape index (κ1) is 34.4. The fraction of sp³-hybridized carbons (Fsp3) is 0.216. The molecule has 0 N–H and O–H groups in total. The number of rotatable bonds is 10. The molecule has 0 unspecified atom stereocenters. The highest BCUT2D eigenvalue weighted by Crippen LogP contribution is 2.43. The van der Waals surface area contributed by atoms with Crippen LogP contribution in [0.1, 0.15) is 36.6 Å². The lowest BCUT2D eigenvalue weighted by Gasteiger charge is -2.28. The van der Waals surface area contributed by atoms with E-state index >= 15 is 0 Å². The number of aromatic nitrogens is 1. The number of carbonyl (C=O) groups excluding carboxylic acids is 1. The topological polar surface area (TPSA) is 88.4 Å². The van der Waals surface area contributed by atoms with Gasteiger partial charge in [0.2, 0.25) is 0 Å². The summed E-state index contributed by atoms with van der Waals surface area (Å²) in [7, 11) is 1.36. The molecule has 5 aromatic rings. The van der Waals surface area contributed by atoms with Crippen molar-refractivity contribution < 1.29 is 41.3 Å². The second kappa shape index (κ2) is 14.2. The van der Waals surface area contributed by atoms with Crippen molar-refractivity contribution >= 4 is 34.2 Å². The Kier molecular flexibility index (Phi) is 9.78. The minimum atomic E-state index is -5.07. The van der Waals surface area contributed by atoms with E-state index in [0.717, 1.165) is 21.5 Å². The molecule has 258 valence electrons. The number of esters is 1. The van der Waals surface area contributed by atoms with Crippen LogP contribution in [0, 0.1) is 5.82 Å². The SMILES string of the molecule is CCOC(=O)C1=C(C(F)(F)F)N=c2s/c(=C\c3ccc(OCc4ccc(F)cc4)c(OCC)c3)c(=O)n2[C@@H]1c1c(OC)ccc2ccccc12. The van der Waals surface area contributed by atoms with Crippen LogP contribution in [0.2, 0.25) is 0 Å². The molecule has 0 aliphatic carbocycles. The number of alkyl halides is 3. The molecule has 0 saturated carbocycles. The number of methoxy groups -OCH3 is 1. The molecule has 6 rings (SSSR count). The van der Waals surface area contributed by atoms with Gasteiger partial charge in [0.1, 0.15) is 24.2 Å². The average Bonchev–Trinajstić information content (AvgIpc) is 3.41. The first-order valence-corrected chi connectivity index (χ1v) is 16.4. The minimum absolute atomic E-state index is 0.0574. The Balaban J connectivity index is 1.54. The summed E-state index contributed by atoms with van der Waals surface area (Å²) >= 11 is 0.752. The highest BCUT2D eigenvalue weighted by atomic mass is 32.1. The highest BCUT2D eigenvalue weighted by Gasteiger charge is 2.46. The van der Waals surface area contributed by atoms with E-state index in [2.05, 4.69) is 4.99 Å². The highest BCUT2D eigenvalue weighted by molar-refractivity contribution is 7.07. The Morgan fingerprint density at radius 3 is 2.38 bits per heavy atom. The molecule has 0 saturated heterocycles. The largest absolute Gasteiger partial charge is 0.496 e. The van der Waals surface area contributed by atoms with Crippen LogP contribution < -0.4 is 29.1 Å². The Bertz CT molecular complexity index is 2290. The van der Waals surface area contributed by atoms with Gasteiger partial charge in [-0.3, -0.25) is 9.36 Å². The third-order valence-electron chi connectivity index (χ3n) is 7.89. The summed E-state index contributed by atoms with van der Waals surface area (Å²) in [4.78, 5) is 31.3. The summed E-state index contributed by atoms with van der Waals surface area (Å²) in [5, 5.41) is 1.14. The van der Waals surface area contributed by atoms with Gasteiger partial charge in [-0.25, -0.2) is 14.2 Å². The summed E-state index contributed by atoms with van der Waals surface area (Å²) in [6, 6.07) is 19.5. The number of ether oxygens (including phenoxy) is 4. The second-order valence-corrected chi connectivity index (χ2v) is 12.0. The smallest absolute Gasteiger partial charge is 0.434 e. The van der Waals surface area contributed by atoms with E-state index in [1.165, 1.54) is 32.2 Å². The van der Waals surface area contributed by atoms with E-state index in [9.17, 15) is 27.2 Å². The van der Waals surface area contributed by atoms with Crippen LogP contribution in [0.25, 0.3) is 16.8 Å². The molecule has 1 aromatic heterocycles. The Hall–Kier alpha value is -5.43. The third kappa shape index (κ3) is 6.73. The fourth-order valence-electron chi connectivity index (χ4n) is 5.74. The van der Waals surface area contributed by atoms with Gasteiger partial charge < -0.3 is 18.9 Å². The molecule has 1 aliphatic rings. The summed E-state index contributed by atoms with van der Waals surface area (Å²) < 4.78 is 81.2. The van der Waals surface area contributed by atoms with Crippen molar-refractivity contribution in [3.05, 3.63) is 132 Å². The van der Waals surface area contributed by atoms with Crippen molar-refractivity contribution in [3.63, 3.8) is 0 Å². The average molecular weight is 707 g/mol. The lowest BCUT2D eigenvalue weighted by atomic mass is 9.90. The normalized spacial score (nSPS) is 14.7. The molecule has 0 radical (unpaired) electrons.